The number of carbonyl (C=O) groups excluding carboxylic acids is 2. The standard InChI is InChI=1S/C17H14FN3O3S/c1-8-15(9(2)22)25-17(19-8)20-16(24)11-7-21(3)13-10(14(11)23)5-4-6-12(13)18/h4-7H,1-3H3,(H,19,20,24). The van der Waals surface area contributed by atoms with Gasteiger partial charge in [0, 0.05) is 25.6 Å². The summed E-state index contributed by atoms with van der Waals surface area (Å²) in [6.45, 7) is 3.08. The highest BCUT2D eigenvalue weighted by molar-refractivity contribution is 7.17. The Bertz CT molecular complexity index is 1080. The molecule has 0 fully saturated rings. The number of aryl methyl sites for hydroxylation is 2. The van der Waals surface area contributed by atoms with Crippen molar-refractivity contribution >= 4 is 39.1 Å². The molecule has 0 saturated carbocycles. The number of ketones is 1. The highest BCUT2D eigenvalue weighted by Gasteiger charge is 2.19. The number of Topliss-reactive ketones (excluding diaryl/α,β-unsaturated/α-hetero) is 1. The van der Waals surface area contributed by atoms with Crippen LogP contribution in [0.25, 0.3) is 10.9 Å². The minimum Gasteiger partial charge on any atom is -0.347 e. The van der Waals surface area contributed by atoms with E-state index in [4.69, 9.17) is 0 Å². The van der Waals surface area contributed by atoms with Crippen molar-refractivity contribution in [3.63, 3.8) is 0 Å². The first-order valence-electron chi connectivity index (χ1n) is 7.37. The van der Waals surface area contributed by atoms with Crippen LogP contribution in [0.1, 0.15) is 32.6 Å². The Morgan fingerprint density at radius 1 is 1.32 bits per heavy atom. The van der Waals surface area contributed by atoms with Gasteiger partial charge in [0.05, 0.1) is 16.1 Å². The molecule has 0 unspecified atom stereocenters. The molecule has 0 radical (unpaired) electrons. The molecule has 0 spiro atoms. The summed E-state index contributed by atoms with van der Waals surface area (Å²) in [5, 5.41) is 2.88. The highest BCUT2D eigenvalue weighted by atomic mass is 32.1. The number of pyridine rings is 1. The van der Waals surface area contributed by atoms with E-state index in [0.717, 1.165) is 11.3 Å². The number of benzene rings is 1. The van der Waals surface area contributed by atoms with Crippen LogP contribution in [0.5, 0.6) is 0 Å². The molecule has 0 saturated heterocycles. The van der Waals surface area contributed by atoms with Gasteiger partial charge in [0.15, 0.2) is 10.9 Å². The summed E-state index contributed by atoms with van der Waals surface area (Å²) in [6, 6.07) is 4.14. The maximum Gasteiger partial charge on any atom is 0.262 e. The number of hydrogen-bond acceptors (Lipinski definition) is 5. The summed E-state index contributed by atoms with van der Waals surface area (Å²) in [5.41, 5.74) is -0.0442. The number of nitrogens with zero attached hydrogens (tertiary/aromatic N) is 2. The average Bonchev–Trinajstić information content (AvgIpc) is 2.91. The minimum absolute atomic E-state index is 0.120. The number of para-hydroxylation sites is 1. The molecule has 8 heteroatoms. The average molecular weight is 359 g/mol. The molecule has 1 N–H and O–H groups in total. The predicted molar refractivity (Wildman–Crippen MR) is 94.0 cm³/mol. The van der Waals surface area contributed by atoms with Gasteiger partial charge in [0.2, 0.25) is 5.43 Å². The minimum atomic E-state index is -0.657. The molecule has 3 aromatic rings. The number of carbonyl (C=O) groups is 2. The van der Waals surface area contributed by atoms with E-state index in [1.54, 1.807) is 14.0 Å². The van der Waals surface area contributed by atoms with E-state index in [-0.39, 0.29) is 27.4 Å². The number of amides is 1. The second-order valence-corrected chi connectivity index (χ2v) is 6.56. The summed E-state index contributed by atoms with van der Waals surface area (Å²) >= 11 is 1.05. The number of thiazole rings is 1. The molecule has 128 valence electrons. The Morgan fingerprint density at radius 3 is 2.68 bits per heavy atom. The third-order valence-electron chi connectivity index (χ3n) is 3.73. The fourth-order valence-electron chi connectivity index (χ4n) is 2.62. The van der Waals surface area contributed by atoms with Gasteiger partial charge in [-0.1, -0.05) is 17.4 Å². The molecule has 0 aliphatic heterocycles. The van der Waals surface area contributed by atoms with Gasteiger partial charge in [0.25, 0.3) is 5.91 Å². The molecule has 2 aromatic heterocycles. The van der Waals surface area contributed by atoms with Gasteiger partial charge in [-0.05, 0) is 19.1 Å². The van der Waals surface area contributed by atoms with E-state index in [9.17, 15) is 18.8 Å². The van der Waals surface area contributed by atoms with E-state index >= 15 is 0 Å². The Balaban J connectivity index is 2.03. The van der Waals surface area contributed by atoms with Gasteiger partial charge in [-0.3, -0.25) is 19.7 Å². The predicted octanol–water partition coefficient (Wildman–Crippen LogP) is 2.90. The number of rotatable bonds is 3. The number of nitrogens with one attached hydrogen (secondary N) is 1. The first-order chi connectivity index (χ1) is 11.8. The molecule has 2 heterocycles. The summed E-state index contributed by atoms with van der Waals surface area (Å²) in [5.74, 6) is -1.34. The fraction of sp³-hybridized carbons (Fsp3) is 0.176. The first kappa shape index (κ1) is 17.0. The molecule has 1 amide bonds. The van der Waals surface area contributed by atoms with Crippen molar-refractivity contribution in [2.75, 3.05) is 5.32 Å². The van der Waals surface area contributed by atoms with Crippen molar-refractivity contribution in [2.24, 2.45) is 7.05 Å². The molecule has 0 atom stereocenters. The number of hydrogen-bond donors (Lipinski definition) is 1. The lowest BCUT2D eigenvalue weighted by Gasteiger charge is -2.09. The third-order valence-corrected chi connectivity index (χ3v) is 4.91. The van der Waals surface area contributed by atoms with Crippen LogP contribution in [0.2, 0.25) is 0 Å². The lowest BCUT2D eigenvalue weighted by molar-refractivity contribution is 0.101. The summed E-state index contributed by atoms with van der Waals surface area (Å²) in [4.78, 5) is 41.1. The summed E-state index contributed by atoms with van der Waals surface area (Å²) in [6.07, 6.45) is 1.29. The van der Waals surface area contributed by atoms with Crippen LogP contribution in [0.4, 0.5) is 9.52 Å². The van der Waals surface area contributed by atoms with E-state index in [2.05, 4.69) is 10.3 Å². The number of aromatic nitrogens is 2. The van der Waals surface area contributed by atoms with Crippen molar-refractivity contribution in [1.82, 2.24) is 9.55 Å². The van der Waals surface area contributed by atoms with Crippen LogP contribution in [-0.4, -0.2) is 21.2 Å². The first-order valence-corrected chi connectivity index (χ1v) is 8.19. The van der Waals surface area contributed by atoms with Crippen molar-refractivity contribution in [3.8, 4) is 0 Å². The highest BCUT2D eigenvalue weighted by Crippen LogP contribution is 2.23. The SMILES string of the molecule is CC(=O)c1sc(NC(=O)c2cn(C)c3c(F)cccc3c2=O)nc1C. The maximum absolute atomic E-state index is 13.9. The smallest absolute Gasteiger partial charge is 0.262 e. The van der Waals surface area contributed by atoms with Gasteiger partial charge in [-0.15, -0.1) is 0 Å². The third kappa shape index (κ3) is 2.96. The van der Waals surface area contributed by atoms with Crippen LogP contribution in [0.15, 0.2) is 29.2 Å². The zero-order valence-corrected chi connectivity index (χ0v) is 14.5. The monoisotopic (exact) mass is 359 g/mol. The molecule has 1 aromatic carbocycles. The van der Waals surface area contributed by atoms with Crippen LogP contribution in [0.3, 0.4) is 0 Å². The van der Waals surface area contributed by atoms with E-state index < -0.39 is 17.2 Å². The number of fused-ring (bicyclic) bond motifs is 1. The zero-order chi connectivity index (χ0) is 18.3. The van der Waals surface area contributed by atoms with Gasteiger partial charge in [-0.2, -0.15) is 0 Å². The fourth-order valence-corrected chi connectivity index (χ4v) is 3.48. The zero-order valence-electron chi connectivity index (χ0n) is 13.7. The maximum atomic E-state index is 13.9. The summed E-state index contributed by atoms with van der Waals surface area (Å²) < 4.78 is 15.3. The lowest BCUT2D eigenvalue weighted by atomic mass is 10.1. The molecule has 6 nitrogen and oxygen atoms in total. The van der Waals surface area contributed by atoms with Gasteiger partial charge >= 0.3 is 0 Å². The van der Waals surface area contributed by atoms with Crippen molar-refractivity contribution < 1.29 is 14.0 Å². The second kappa shape index (κ2) is 6.21. The lowest BCUT2D eigenvalue weighted by Crippen LogP contribution is -2.23. The van der Waals surface area contributed by atoms with Gasteiger partial charge < -0.3 is 4.57 Å². The molecule has 0 aliphatic carbocycles. The molecule has 0 aliphatic rings. The Hall–Kier alpha value is -2.87. The summed E-state index contributed by atoms with van der Waals surface area (Å²) in [7, 11) is 1.56. The van der Waals surface area contributed by atoms with Gasteiger partial charge in [-0.25, -0.2) is 9.37 Å². The van der Waals surface area contributed by atoms with E-state index in [0.29, 0.717) is 10.6 Å². The molecular formula is C17H14FN3O3S. The topological polar surface area (TPSA) is 81.1 Å². The van der Waals surface area contributed by atoms with Crippen LogP contribution < -0.4 is 10.7 Å². The van der Waals surface area contributed by atoms with Crippen LogP contribution >= 0.6 is 11.3 Å². The quantitative estimate of drug-likeness (QED) is 0.729. The van der Waals surface area contributed by atoms with Gasteiger partial charge in [0.1, 0.15) is 11.4 Å². The van der Waals surface area contributed by atoms with Crippen molar-refractivity contribution in [2.45, 2.75) is 13.8 Å². The molecule has 3 rings (SSSR count). The van der Waals surface area contributed by atoms with Crippen LogP contribution in [-0.2, 0) is 7.05 Å². The Kier molecular flexibility index (Phi) is 4.22. The normalized spacial score (nSPS) is 10.9. The largest absolute Gasteiger partial charge is 0.347 e. The molecule has 0 bridgehead atoms. The van der Waals surface area contributed by atoms with Crippen molar-refractivity contribution in [1.29, 1.82) is 0 Å². The number of anilines is 1. The van der Waals surface area contributed by atoms with E-state index in [1.807, 2.05) is 0 Å². The molecule has 25 heavy (non-hydrogen) atoms. The van der Waals surface area contributed by atoms with Crippen LogP contribution in [0, 0.1) is 12.7 Å². The number of halogens is 1. The Morgan fingerprint density at radius 2 is 2.04 bits per heavy atom. The van der Waals surface area contributed by atoms with Crippen molar-refractivity contribution in [3.05, 3.63) is 56.6 Å². The second-order valence-electron chi connectivity index (χ2n) is 5.56. The Labute approximate surface area is 145 Å². The van der Waals surface area contributed by atoms with E-state index in [1.165, 1.54) is 35.9 Å². The molecular weight excluding hydrogens is 345 g/mol.